The zero-order valence-electron chi connectivity index (χ0n) is 7.96. The van der Waals surface area contributed by atoms with Crippen molar-refractivity contribution >= 4 is 16.6 Å². The van der Waals surface area contributed by atoms with Gasteiger partial charge in [0.2, 0.25) is 0 Å². The molecule has 78 valence electrons. The summed E-state index contributed by atoms with van der Waals surface area (Å²) in [5, 5.41) is 15.6. The quantitative estimate of drug-likeness (QED) is 0.597. The summed E-state index contributed by atoms with van der Waals surface area (Å²) in [7, 11) is 0. The average Bonchev–Trinajstić information content (AvgIpc) is 2.59. The molecule has 1 aromatic carbocycles. The molecule has 0 aliphatic heterocycles. The molecule has 0 radical (unpaired) electrons. The van der Waals surface area contributed by atoms with E-state index < -0.39 is 4.92 Å². The van der Waals surface area contributed by atoms with Crippen LogP contribution in [0.3, 0.4) is 0 Å². The van der Waals surface area contributed by atoms with E-state index in [-0.39, 0.29) is 5.69 Å². The van der Waals surface area contributed by atoms with Crippen molar-refractivity contribution in [1.29, 1.82) is 0 Å². The van der Waals surface area contributed by atoms with Crippen LogP contribution in [0.2, 0.25) is 0 Å². The Bertz CT molecular complexity index is 506. The molecule has 15 heavy (non-hydrogen) atoms. The maximum absolute atomic E-state index is 10.5. The second-order valence-corrected chi connectivity index (χ2v) is 3.18. The molecule has 0 atom stereocenters. The molecule has 0 fully saturated rings. The topological polar surface area (TPSA) is 87.0 Å². The van der Waals surface area contributed by atoms with Crippen LogP contribution < -0.4 is 5.73 Å². The van der Waals surface area contributed by atoms with E-state index in [0.29, 0.717) is 18.6 Å². The van der Waals surface area contributed by atoms with Crippen molar-refractivity contribution in [3.8, 4) is 0 Å². The summed E-state index contributed by atoms with van der Waals surface area (Å²) in [6.07, 6.45) is 1.83. The lowest BCUT2D eigenvalue weighted by Crippen LogP contribution is -2.09. The summed E-state index contributed by atoms with van der Waals surface area (Å²) in [6, 6.07) is 4.62. The number of benzene rings is 1. The van der Waals surface area contributed by atoms with Crippen LogP contribution in [0.5, 0.6) is 0 Å². The van der Waals surface area contributed by atoms with Gasteiger partial charge in [0.15, 0.2) is 0 Å². The maximum Gasteiger partial charge on any atom is 0.271 e. The third kappa shape index (κ3) is 1.79. The Balaban J connectivity index is 2.47. The van der Waals surface area contributed by atoms with Gasteiger partial charge in [0, 0.05) is 30.3 Å². The molecule has 0 amide bonds. The summed E-state index contributed by atoms with van der Waals surface area (Å²) in [6.45, 7) is 1.11. The number of nitro benzene ring substituents is 1. The number of rotatable bonds is 3. The molecule has 2 aromatic rings. The van der Waals surface area contributed by atoms with Gasteiger partial charge in [-0.05, 0) is 6.07 Å². The minimum absolute atomic E-state index is 0.0560. The van der Waals surface area contributed by atoms with E-state index in [9.17, 15) is 10.1 Å². The Morgan fingerprint density at radius 3 is 3.00 bits per heavy atom. The van der Waals surface area contributed by atoms with Gasteiger partial charge in [-0.3, -0.25) is 14.8 Å². The second-order valence-electron chi connectivity index (χ2n) is 3.18. The lowest BCUT2D eigenvalue weighted by atomic mass is 10.2. The second kappa shape index (κ2) is 3.66. The van der Waals surface area contributed by atoms with Crippen molar-refractivity contribution in [2.75, 3.05) is 6.54 Å². The first-order valence-corrected chi connectivity index (χ1v) is 4.52. The summed E-state index contributed by atoms with van der Waals surface area (Å²) in [5.74, 6) is 0. The van der Waals surface area contributed by atoms with Gasteiger partial charge in [-0.25, -0.2) is 0 Å². The van der Waals surface area contributed by atoms with Crippen molar-refractivity contribution in [2.45, 2.75) is 6.54 Å². The Morgan fingerprint density at radius 2 is 2.33 bits per heavy atom. The highest BCUT2D eigenvalue weighted by molar-refractivity contribution is 5.80. The zero-order valence-corrected chi connectivity index (χ0v) is 7.96. The molecule has 0 saturated heterocycles. The normalized spacial score (nSPS) is 10.7. The van der Waals surface area contributed by atoms with E-state index in [1.165, 1.54) is 12.1 Å². The van der Waals surface area contributed by atoms with Gasteiger partial charge in [-0.2, -0.15) is 5.10 Å². The van der Waals surface area contributed by atoms with E-state index in [1.54, 1.807) is 10.7 Å². The van der Waals surface area contributed by atoms with Crippen molar-refractivity contribution in [2.24, 2.45) is 5.73 Å². The van der Waals surface area contributed by atoms with Crippen LogP contribution in [0, 0.1) is 10.1 Å². The van der Waals surface area contributed by atoms with Crippen molar-refractivity contribution in [3.05, 3.63) is 34.5 Å². The van der Waals surface area contributed by atoms with Crippen molar-refractivity contribution < 1.29 is 4.92 Å². The largest absolute Gasteiger partial charge is 0.329 e. The molecule has 0 aliphatic rings. The fraction of sp³-hybridized carbons (Fsp3) is 0.222. The monoisotopic (exact) mass is 206 g/mol. The van der Waals surface area contributed by atoms with E-state index in [2.05, 4.69) is 5.10 Å². The van der Waals surface area contributed by atoms with E-state index >= 15 is 0 Å². The first-order valence-electron chi connectivity index (χ1n) is 4.52. The molecule has 6 heteroatoms. The van der Waals surface area contributed by atoms with E-state index in [0.717, 1.165) is 5.39 Å². The fourth-order valence-corrected chi connectivity index (χ4v) is 1.42. The van der Waals surface area contributed by atoms with Gasteiger partial charge in [0.05, 0.1) is 17.0 Å². The molecule has 2 rings (SSSR count). The summed E-state index contributed by atoms with van der Waals surface area (Å²) >= 11 is 0. The van der Waals surface area contributed by atoms with Crippen LogP contribution in [0.25, 0.3) is 10.9 Å². The van der Waals surface area contributed by atoms with Gasteiger partial charge < -0.3 is 5.73 Å². The zero-order chi connectivity index (χ0) is 10.8. The smallest absolute Gasteiger partial charge is 0.271 e. The van der Waals surface area contributed by atoms with Crippen LogP contribution in [0.15, 0.2) is 24.4 Å². The molecule has 0 spiro atoms. The van der Waals surface area contributed by atoms with E-state index in [4.69, 9.17) is 5.73 Å². The number of nitrogens with two attached hydrogens (primary N) is 1. The van der Waals surface area contributed by atoms with Crippen molar-refractivity contribution in [1.82, 2.24) is 9.78 Å². The number of fused-ring (bicyclic) bond motifs is 1. The number of non-ortho nitro benzene ring substituents is 1. The third-order valence-corrected chi connectivity index (χ3v) is 2.11. The van der Waals surface area contributed by atoms with E-state index in [1.807, 2.05) is 6.20 Å². The Morgan fingerprint density at radius 1 is 1.53 bits per heavy atom. The van der Waals surface area contributed by atoms with Crippen LogP contribution in [-0.4, -0.2) is 21.2 Å². The van der Waals surface area contributed by atoms with Gasteiger partial charge in [-0.15, -0.1) is 0 Å². The lowest BCUT2D eigenvalue weighted by Gasteiger charge is -1.93. The molecule has 0 bridgehead atoms. The Labute approximate surface area is 85.4 Å². The van der Waals surface area contributed by atoms with Crippen LogP contribution in [-0.2, 0) is 6.54 Å². The van der Waals surface area contributed by atoms with Crippen LogP contribution in [0.1, 0.15) is 0 Å². The predicted molar refractivity (Wildman–Crippen MR) is 55.4 cm³/mol. The highest BCUT2D eigenvalue weighted by Gasteiger charge is 2.08. The molecule has 1 heterocycles. The number of aromatic nitrogens is 2. The molecule has 2 N–H and O–H groups in total. The average molecular weight is 206 g/mol. The van der Waals surface area contributed by atoms with Crippen LogP contribution >= 0.6 is 0 Å². The minimum Gasteiger partial charge on any atom is -0.329 e. The highest BCUT2D eigenvalue weighted by Crippen LogP contribution is 2.19. The SMILES string of the molecule is NCCn1cc2ccc([N+](=O)[O-])cc2n1. The summed E-state index contributed by atoms with van der Waals surface area (Å²) < 4.78 is 1.69. The lowest BCUT2D eigenvalue weighted by molar-refractivity contribution is -0.384. The molecule has 0 aliphatic carbocycles. The number of nitro groups is 1. The number of hydrogen-bond acceptors (Lipinski definition) is 4. The maximum atomic E-state index is 10.5. The molecular formula is C9H10N4O2. The first-order chi connectivity index (χ1) is 7.20. The molecule has 6 nitrogen and oxygen atoms in total. The third-order valence-electron chi connectivity index (χ3n) is 2.11. The highest BCUT2D eigenvalue weighted by atomic mass is 16.6. The van der Waals surface area contributed by atoms with Gasteiger partial charge in [0.25, 0.3) is 5.69 Å². The van der Waals surface area contributed by atoms with Crippen LogP contribution in [0.4, 0.5) is 5.69 Å². The Hall–Kier alpha value is -1.95. The summed E-state index contributed by atoms with van der Waals surface area (Å²) in [4.78, 5) is 10.1. The Kier molecular flexibility index (Phi) is 2.34. The predicted octanol–water partition coefficient (Wildman–Crippen LogP) is 0.903. The van der Waals surface area contributed by atoms with Crippen molar-refractivity contribution in [3.63, 3.8) is 0 Å². The molecular weight excluding hydrogens is 196 g/mol. The standard InChI is InChI=1S/C9H10N4O2/c10-3-4-12-6-7-1-2-8(13(14)15)5-9(7)11-12/h1-2,5-6H,3-4,10H2. The molecule has 0 saturated carbocycles. The van der Waals surface area contributed by atoms with Gasteiger partial charge in [-0.1, -0.05) is 0 Å². The summed E-state index contributed by atoms with van der Waals surface area (Å²) in [5.41, 5.74) is 6.07. The van der Waals surface area contributed by atoms with Gasteiger partial charge >= 0.3 is 0 Å². The number of hydrogen-bond donors (Lipinski definition) is 1. The molecule has 0 unspecified atom stereocenters. The number of nitrogens with zero attached hydrogens (tertiary/aromatic N) is 3. The first kappa shape index (κ1) is 9.60. The fourth-order valence-electron chi connectivity index (χ4n) is 1.42. The molecule has 1 aromatic heterocycles. The van der Waals surface area contributed by atoms with Gasteiger partial charge in [0.1, 0.15) is 0 Å². The minimum atomic E-state index is -0.429.